The largest absolute Gasteiger partial charge is 0.0773 e. The van der Waals surface area contributed by atoms with Gasteiger partial charge in [0.15, 0.2) is 0 Å². The van der Waals surface area contributed by atoms with Gasteiger partial charge in [-0.05, 0) is 24.3 Å². The molecule has 0 heteroatoms. The normalized spacial score (nSPS) is 15.0. The quantitative estimate of drug-likeness (QED) is 0.575. The van der Waals surface area contributed by atoms with Gasteiger partial charge in [-0.2, -0.15) is 0 Å². The summed E-state index contributed by atoms with van der Waals surface area (Å²) in [6, 6.07) is 0. The Morgan fingerprint density at radius 2 is 1.91 bits per heavy atom. The number of hydrogen-bond acceptors (Lipinski definition) is 0. The molecule has 1 aliphatic carbocycles. The van der Waals surface area contributed by atoms with Crippen LogP contribution in [0.4, 0.5) is 0 Å². The fourth-order valence-corrected chi connectivity index (χ4v) is 1.11. The first-order chi connectivity index (χ1) is 5.29. The zero-order valence-corrected chi connectivity index (χ0v) is 7.38. The van der Waals surface area contributed by atoms with Crippen molar-refractivity contribution in [2.45, 2.75) is 26.7 Å². The molecule has 0 aliphatic heterocycles. The van der Waals surface area contributed by atoms with E-state index >= 15 is 0 Å². The Bertz CT molecular complexity index is 178. The molecule has 0 aromatic carbocycles. The minimum Gasteiger partial charge on any atom is -0.0773 e. The van der Waals surface area contributed by atoms with E-state index in [1.165, 1.54) is 18.4 Å². The minimum absolute atomic E-state index is 0.821. The Balaban J connectivity index is 2.25. The van der Waals surface area contributed by atoms with E-state index in [-0.39, 0.29) is 0 Å². The van der Waals surface area contributed by atoms with Crippen molar-refractivity contribution in [1.82, 2.24) is 0 Å². The fraction of sp³-hybridized carbons (Fsp3) is 0.455. The monoisotopic (exact) mass is 148 g/mol. The SMILES string of the molecule is CC(C)CCC=C1C=CC=C1. The van der Waals surface area contributed by atoms with Crippen molar-refractivity contribution in [2.75, 3.05) is 0 Å². The average molecular weight is 148 g/mol. The van der Waals surface area contributed by atoms with Crippen LogP contribution in [0.1, 0.15) is 26.7 Å². The molecule has 0 heterocycles. The molecule has 1 rings (SSSR count). The van der Waals surface area contributed by atoms with E-state index in [1.54, 1.807) is 0 Å². The van der Waals surface area contributed by atoms with Crippen LogP contribution in [0.25, 0.3) is 0 Å². The Hall–Kier alpha value is -0.780. The van der Waals surface area contributed by atoms with Gasteiger partial charge in [0.25, 0.3) is 0 Å². The van der Waals surface area contributed by atoms with Crippen LogP contribution >= 0.6 is 0 Å². The van der Waals surface area contributed by atoms with Gasteiger partial charge in [0.1, 0.15) is 0 Å². The highest BCUT2D eigenvalue weighted by atomic mass is 14.0. The standard InChI is InChI=1S/C11H16/c1-10(2)6-5-9-11-7-3-4-8-11/h3-4,7-10H,5-6H2,1-2H3. The zero-order chi connectivity index (χ0) is 8.10. The Morgan fingerprint density at radius 1 is 1.27 bits per heavy atom. The molecular weight excluding hydrogens is 132 g/mol. The molecule has 0 aromatic rings. The number of rotatable bonds is 3. The van der Waals surface area contributed by atoms with Crippen molar-refractivity contribution >= 4 is 0 Å². The van der Waals surface area contributed by atoms with E-state index in [1.807, 2.05) is 0 Å². The average Bonchev–Trinajstić information content (AvgIpc) is 2.39. The second kappa shape index (κ2) is 4.17. The van der Waals surface area contributed by atoms with Gasteiger partial charge >= 0.3 is 0 Å². The third-order valence-electron chi connectivity index (χ3n) is 1.81. The number of allylic oxidation sites excluding steroid dienone is 6. The molecular formula is C11H16. The lowest BCUT2D eigenvalue weighted by Crippen LogP contribution is -1.84. The van der Waals surface area contributed by atoms with Gasteiger partial charge in [0, 0.05) is 0 Å². The molecule has 11 heavy (non-hydrogen) atoms. The predicted octanol–water partition coefficient (Wildman–Crippen LogP) is 3.48. The van der Waals surface area contributed by atoms with Crippen molar-refractivity contribution in [2.24, 2.45) is 5.92 Å². The van der Waals surface area contributed by atoms with Crippen molar-refractivity contribution in [1.29, 1.82) is 0 Å². The van der Waals surface area contributed by atoms with Crippen molar-refractivity contribution in [3.05, 3.63) is 36.0 Å². The van der Waals surface area contributed by atoms with Crippen LogP contribution < -0.4 is 0 Å². The van der Waals surface area contributed by atoms with E-state index in [0.717, 1.165) is 5.92 Å². The highest BCUT2D eigenvalue weighted by molar-refractivity contribution is 5.39. The Morgan fingerprint density at radius 3 is 2.45 bits per heavy atom. The summed E-state index contributed by atoms with van der Waals surface area (Å²) in [4.78, 5) is 0. The third kappa shape index (κ3) is 3.22. The van der Waals surface area contributed by atoms with E-state index in [4.69, 9.17) is 0 Å². The molecule has 0 aromatic heterocycles. The first-order valence-corrected chi connectivity index (χ1v) is 4.34. The molecule has 0 nitrogen and oxygen atoms in total. The lowest BCUT2D eigenvalue weighted by molar-refractivity contribution is 0.594. The van der Waals surface area contributed by atoms with E-state index < -0.39 is 0 Å². The first kappa shape index (κ1) is 8.32. The van der Waals surface area contributed by atoms with Crippen LogP contribution in [0.3, 0.4) is 0 Å². The summed E-state index contributed by atoms with van der Waals surface area (Å²) in [6.07, 6.45) is 13.3. The maximum Gasteiger partial charge on any atom is -0.0297 e. The molecule has 1 aliphatic rings. The van der Waals surface area contributed by atoms with E-state index in [9.17, 15) is 0 Å². The number of hydrogen-bond donors (Lipinski definition) is 0. The summed E-state index contributed by atoms with van der Waals surface area (Å²) in [5.41, 5.74) is 1.37. The molecule has 0 saturated carbocycles. The van der Waals surface area contributed by atoms with Gasteiger partial charge in [-0.3, -0.25) is 0 Å². The highest BCUT2D eigenvalue weighted by Gasteiger charge is 1.93. The Kier molecular flexibility index (Phi) is 3.15. The van der Waals surface area contributed by atoms with Crippen LogP contribution in [0, 0.1) is 5.92 Å². The molecule has 60 valence electrons. The molecule has 0 fully saturated rings. The van der Waals surface area contributed by atoms with Crippen LogP contribution in [0.5, 0.6) is 0 Å². The van der Waals surface area contributed by atoms with Gasteiger partial charge in [0.05, 0.1) is 0 Å². The molecule has 0 atom stereocenters. The molecule has 0 bridgehead atoms. The lowest BCUT2D eigenvalue weighted by atomic mass is 10.1. The smallest absolute Gasteiger partial charge is 0.0297 e. The summed E-state index contributed by atoms with van der Waals surface area (Å²) in [5, 5.41) is 0. The molecule has 0 saturated heterocycles. The van der Waals surface area contributed by atoms with E-state index in [0.29, 0.717) is 0 Å². The molecule has 0 radical (unpaired) electrons. The molecule has 0 N–H and O–H groups in total. The minimum atomic E-state index is 0.821. The summed E-state index contributed by atoms with van der Waals surface area (Å²) >= 11 is 0. The van der Waals surface area contributed by atoms with E-state index in [2.05, 4.69) is 44.2 Å². The lowest BCUT2D eigenvalue weighted by Gasteiger charge is -1.99. The summed E-state index contributed by atoms with van der Waals surface area (Å²) in [7, 11) is 0. The predicted molar refractivity (Wildman–Crippen MR) is 50.4 cm³/mol. The van der Waals surface area contributed by atoms with Crippen LogP contribution in [0.15, 0.2) is 36.0 Å². The second-order valence-corrected chi connectivity index (χ2v) is 3.39. The van der Waals surface area contributed by atoms with Crippen LogP contribution in [-0.2, 0) is 0 Å². The topological polar surface area (TPSA) is 0 Å². The first-order valence-electron chi connectivity index (χ1n) is 4.34. The maximum atomic E-state index is 2.31. The van der Waals surface area contributed by atoms with Crippen LogP contribution in [-0.4, -0.2) is 0 Å². The van der Waals surface area contributed by atoms with Gasteiger partial charge in [-0.25, -0.2) is 0 Å². The third-order valence-corrected chi connectivity index (χ3v) is 1.81. The molecule has 0 spiro atoms. The fourth-order valence-electron chi connectivity index (χ4n) is 1.11. The molecule has 0 amide bonds. The summed E-state index contributed by atoms with van der Waals surface area (Å²) in [6.45, 7) is 4.53. The van der Waals surface area contributed by atoms with Gasteiger partial charge in [-0.1, -0.05) is 44.2 Å². The zero-order valence-electron chi connectivity index (χ0n) is 7.38. The maximum absolute atomic E-state index is 2.31. The van der Waals surface area contributed by atoms with Gasteiger partial charge < -0.3 is 0 Å². The van der Waals surface area contributed by atoms with Gasteiger partial charge in [-0.15, -0.1) is 0 Å². The van der Waals surface area contributed by atoms with Crippen molar-refractivity contribution in [3.8, 4) is 0 Å². The highest BCUT2D eigenvalue weighted by Crippen LogP contribution is 2.11. The Labute approximate surface area is 69.3 Å². The van der Waals surface area contributed by atoms with Crippen molar-refractivity contribution < 1.29 is 0 Å². The molecule has 0 unspecified atom stereocenters. The second-order valence-electron chi connectivity index (χ2n) is 3.39. The van der Waals surface area contributed by atoms with Crippen LogP contribution in [0.2, 0.25) is 0 Å². The van der Waals surface area contributed by atoms with Crippen molar-refractivity contribution in [3.63, 3.8) is 0 Å². The summed E-state index contributed by atoms with van der Waals surface area (Å²) < 4.78 is 0. The summed E-state index contributed by atoms with van der Waals surface area (Å²) in [5.74, 6) is 0.821. The van der Waals surface area contributed by atoms with Gasteiger partial charge in [0.2, 0.25) is 0 Å².